The summed E-state index contributed by atoms with van der Waals surface area (Å²) >= 11 is 6.50. The fraction of sp³-hybridized carbons (Fsp3) is 0.364. The van der Waals surface area contributed by atoms with Crippen LogP contribution in [0.4, 0.5) is 0 Å². The van der Waals surface area contributed by atoms with Crippen LogP contribution in [0.5, 0.6) is 0 Å². The Morgan fingerprint density at radius 3 is 3.06 bits per heavy atom. The highest BCUT2D eigenvalue weighted by atomic mass is 79.9. The van der Waals surface area contributed by atoms with Crippen LogP contribution in [-0.2, 0) is 0 Å². The predicted molar refractivity (Wildman–Crippen MR) is 75.2 cm³/mol. The van der Waals surface area contributed by atoms with E-state index < -0.39 is 0 Å². The van der Waals surface area contributed by atoms with Gasteiger partial charge in [-0.2, -0.15) is 0 Å². The van der Waals surface area contributed by atoms with E-state index in [-0.39, 0.29) is 5.91 Å². The van der Waals surface area contributed by atoms with E-state index in [0.717, 1.165) is 20.0 Å². The van der Waals surface area contributed by atoms with Crippen LogP contribution in [0.2, 0.25) is 0 Å². The first-order valence-corrected chi connectivity index (χ1v) is 7.47. The number of thioether (sulfide) groups is 1. The van der Waals surface area contributed by atoms with Crippen molar-refractivity contribution >= 4 is 44.9 Å². The largest absolute Gasteiger partial charge is 0.351 e. The molecule has 1 heterocycles. The molecule has 0 bridgehead atoms. The van der Waals surface area contributed by atoms with E-state index in [1.165, 1.54) is 11.3 Å². The Labute approximate surface area is 112 Å². The smallest absolute Gasteiger partial charge is 0.261 e. The van der Waals surface area contributed by atoms with Gasteiger partial charge in [-0.25, -0.2) is 0 Å². The molecule has 86 valence electrons. The SMILES string of the molecule is C#CCSCCNC(=O)c1cc(C)c(Br)s1. The van der Waals surface area contributed by atoms with E-state index in [1.807, 2.05) is 13.0 Å². The summed E-state index contributed by atoms with van der Waals surface area (Å²) in [5.74, 6) is 4.07. The van der Waals surface area contributed by atoms with E-state index >= 15 is 0 Å². The molecule has 0 aromatic carbocycles. The number of rotatable bonds is 5. The molecule has 2 nitrogen and oxygen atoms in total. The third-order valence-corrected chi connectivity index (χ3v) is 4.80. The molecule has 1 N–H and O–H groups in total. The molecule has 0 saturated carbocycles. The third-order valence-electron chi connectivity index (χ3n) is 1.80. The number of amides is 1. The van der Waals surface area contributed by atoms with Crippen LogP contribution in [-0.4, -0.2) is 24.0 Å². The van der Waals surface area contributed by atoms with Crippen molar-refractivity contribution in [1.29, 1.82) is 0 Å². The van der Waals surface area contributed by atoms with Crippen LogP contribution in [0.3, 0.4) is 0 Å². The molecule has 0 spiro atoms. The maximum absolute atomic E-state index is 11.7. The van der Waals surface area contributed by atoms with Crippen LogP contribution in [0, 0.1) is 19.3 Å². The predicted octanol–water partition coefficient (Wildman–Crippen LogP) is 2.92. The second-order valence-corrected chi connectivity index (χ2v) is 6.56. The molecule has 0 fully saturated rings. The van der Waals surface area contributed by atoms with Gasteiger partial charge < -0.3 is 5.32 Å². The van der Waals surface area contributed by atoms with E-state index in [0.29, 0.717) is 12.3 Å². The van der Waals surface area contributed by atoms with Crippen LogP contribution >= 0.6 is 39.0 Å². The lowest BCUT2D eigenvalue weighted by atomic mass is 10.3. The zero-order chi connectivity index (χ0) is 12.0. The van der Waals surface area contributed by atoms with Crippen LogP contribution in [0.25, 0.3) is 0 Å². The lowest BCUT2D eigenvalue weighted by Crippen LogP contribution is -2.24. The number of halogens is 1. The third kappa shape index (κ3) is 4.20. The summed E-state index contributed by atoms with van der Waals surface area (Å²) in [5, 5.41) is 2.86. The summed E-state index contributed by atoms with van der Waals surface area (Å²) in [6, 6.07) is 1.89. The Bertz CT molecular complexity index is 389. The van der Waals surface area contributed by atoms with Gasteiger partial charge in [0, 0.05) is 12.3 Å². The monoisotopic (exact) mass is 317 g/mol. The molecule has 1 aromatic heterocycles. The average molecular weight is 318 g/mol. The molecule has 0 aliphatic rings. The first kappa shape index (κ1) is 13.6. The lowest BCUT2D eigenvalue weighted by Gasteiger charge is -2.01. The molecule has 5 heteroatoms. The van der Waals surface area contributed by atoms with Gasteiger partial charge in [0.25, 0.3) is 5.91 Å². The van der Waals surface area contributed by atoms with Gasteiger partial charge in [0.2, 0.25) is 0 Å². The molecule has 1 amide bonds. The quantitative estimate of drug-likeness (QED) is 0.668. The molecule has 0 aliphatic carbocycles. The van der Waals surface area contributed by atoms with Crippen molar-refractivity contribution in [1.82, 2.24) is 5.32 Å². The molecular formula is C11H12BrNOS2. The van der Waals surface area contributed by atoms with Crippen molar-refractivity contribution in [2.45, 2.75) is 6.92 Å². The van der Waals surface area contributed by atoms with Crippen molar-refractivity contribution < 1.29 is 4.79 Å². The highest BCUT2D eigenvalue weighted by Crippen LogP contribution is 2.27. The van der Waals surface area contributed by atoms with E-state index in [9.17, 15) is 4.79 Å². The number of nitrogens with one attached hydrogen (secondary N) is 1. The fourth-order valence-electron chi connectivity index (χ4n) is 1.03. The average Bonchev–Trinajstić information content (AvgIpc) is 2.59. The summed E-state index contributed by atoms with van der Waals surface area (Å²) in [7, 11) is 0. The van der Waals surface area contributed by atoms with Crippen LogP contribution in [0.15, 0.2) is 9.85 Å². The number of hydrogen-bond acceptors (Lipinski definition) is 3. The molecule has 1 rings (SSSR count). The highest BCUT2D eigenvalue weighted by molar-refractivity contribution is 9.11. The first-order valence-electron chi connectivity index (χ1n) is 4.70. The number of carbonyl (C=O) groups excluding carboxylic acids is 1. The molecular weight excluding hydrogens is 306 g/mol. The molecule has 0 radical (unpaired) electrons. The summed E-state index contributed by atoms with van der Waals surface area (Å²) in [6.07, 6.45) is 5.12. The van der Waals surface area contributed by atoms with E-state index in [4.69, 9.17) is 6.42 Å². The summed E-state index contributed by atoms with van der Waals surface area (Å²) < 4.78 is 1.01. The fourth-order valence-corrected chi connectivity index (χ4v) is 2.99. The Morgan fingerprint density at radius 1 is 1.75 bits per heavy atom. The van der Waals surface area contributed by atoms with Gasteiger partial charge in [0.1, 0.15) is 0 Å². The van der Waals surface area contributed by atoms with Crippen LogP contribution in [0.1, 0.15) is 15.2 Å². The van der Waals surface area contributed by atoms with Gasteiger partial charge in [0.05, 0.1) is 14.4 Å². The highest BCUT2D eigenvalue weighted by Gasteiger charge is 2.10. The van der Waals surface area contributed by atoms with Gasteiger partial charge in [-0.1, -0.05) is 5.92 Å². The van der Waals surface area contributed by atoms with Crippen LogP contribution < -0.4 is 5.32 Å². The summed E-state index contributed by atoms with van der Waals surface area (Å²) in [6.45, 7) is 2.62. The molecule has 0 saturated heterocycles. The molecule has 0 atom stereocenters. The zero-order valence-electron chi connectivity index (χ0n) is 8.88. The van der Waals surface area contributed by atoms with Gasteiger partial charge in [-0.3, -0.25) is 4.79 Å². The second-order valence-electron chi connectivity index (χ2n) is 3.08. The number of terminal acetylenes is 1. The normalized spacial score (nSPS) is 9.81. The maximum Gasteiger partial charge on any atom is 0.261 e. The Balaban J connectivity index is 2.33. The van der Waals surface area contributed by atoms with Gasteiger partial charge in [0.15, 0.2) is 0 Å². The summed E-state index contributed by atoms with van der Waals surface area (Å²) in [4.78, 5) is 12.4. The molecule has 1 aromatic rings. The Kier molecular flexibility index (Phi) is 5.96. The molecule has 0 unspecified atom stereocenters. The van der Waals surface area contributed by atoms with Crippen molar-refractivity contribution in [3.05, 3.63) is 20.3 Å². The molecule has 0 aliphatic heterocycles. The number of aryl methyl sites for hydroxylation is 1. The topological polar surface area (TPSA) is 29.1 Å². The van der Waals surface area contributed by atoms with Gasteiger partial charge in [-0.15, -0.1) is 29.5 Å². The molecule has 16 heavy (non-hydrogen) atoms. The van der Waals surface area contributed by atoms with Gasteiger partial charge >= 0.3 is 0 Å². The van der Waals surface area contributed by atoms with E-state index in [2.05, 4.69) is 27.2 Å². The second kappa shape index (κ2) is 7.00. The minimum Gasteiger partial charge on any atom is -0.351 e. The van der Waals surface area contributed by atoms with Crippen molar-refractivity contribution in [3.63, 3.8) is 0 Å². The minimum atomic E-state index is -0.0138. The van der Waals surface area contributed by atoms with Crippen molar-refractivity contribution in [3.8, 4) is 12.3 Å². The maximum atomic E-state index is 11.7. The standard InChI is InChI=1S/C11H12BrNOS2/c1-3-5-15-6-4-13-11(14)9-7-8(2)10(12)16-9/h1,7H,4-6H2,2H3,(H,13,14). The lowest BCUT2D eigenvalue weighted by molar-refractivity contribution is 0.0960. The Hall–Kier alpha value is -0.440. The Morgan fingerprint density at radius 2 is 2.50 bits per heavy atom. The zero-order valence-corrected chi connectivity index (χ0v) is 12.1. The number of thiophene rings is 1. The first-order chi connectivity index (χ1) is 7.65. The minimum absolute atomic E-state index is 0.0138. The number of hydrogen-bond donors (Lipinski definition) is 1. The van der Waals surface area contributed by atoms with Gasteiger partial charge in [-0.05, 0) is 34.5 Å². The van der Waals surface area contributed by atoms with E-state index in [1.54, 1.807) is 11.8 Å². The van der Waals surface area contributed by atoms with Crippen molar-refractivity contribution in [2.75, 3.05) is 18.1 Å². The number of carbonyl (C=O) groups is 1. The summed E-state index contributed by atoms with van der Waals surface area (Å²) in [5.41, 5.74) is 1.09. The van der Waals surface area contributed by atoms with Crippen molar-refractivity contribution in [2.24, 2.45) is 0 Å².